The molecule has 7 atom stereocenters. The highest BCUT2D eigenvalue weighted by Gasteiger charge is 2.52. The summed E-state index contributed by atoms with van der Waals surface area (Å²) < 4.78 is 53.6. The molecule has 262 valence electrons. The van der Waals surface area contributed by atoms with Crippen LogP contribution in [0.15, 0.2) is 60.7 Å². The topological polar surface area (TPSA) is 191 Å². The van der Waals surface area contributed by atoms with Crippen molar-refractivity contribution in [2.45, 2.75) is 84.8 Å². The van der Waals surface area contributed by atoms with Crippen LogP contribution in [0.1, 0.15) is 47.1 Å². The van der Waals surface area contributed by atoms with Crippen molar-refractivity contribution in [3.05, 3.63) is 66.2 Å². The van der Waals surface area contributed by atoms with E-state index in [2.05, 4.69) is 10.4 Å². The SMILES string of the molecule is CC(=O)N[C@@H]1C(OC(C)=O)O[C@H](COP(=O)(N[C@H](C(=O)OCc2ccccc2)C(C)C)Oc2ccccc2)[C@@H](OC(C)=O)[C@@H]1OC(C)=O. The molecule has 1 amide bonds. The molecule has 1 saturated heterocycles. The predicted molar refractivity (Wildman–Crippen MR) is 168 cm³/mol. The van der Waals surface area contributed by atoms with Crippen molar-refractivity contribution < 1.29 is 61.3 Å². The zero-order valence-electron chi connectivity index (χ0n) is 27.5. The van der Waals surface area contributed by atoms with Gasteiger partial charge in [-0.2, -0.15) is 5.09 Å². The maximum absolute atomic E-state index is 14.4. The third-order valence-corrected chi connectivity index (χ3v) is 8.26. The molecule has 2 N–H and O–H groups in total. The van der Waals surface area contributed by atoms with Crippen molar-refractivity contribution in [2.24, 2.45) is 5.92 Å². The summed E-state index contributed by atoms with van der Waals surface area (Å²) in [4.78, 5) is 61.7. The Morgan fingerprint density at radius 2 is 1.38 bits per heavy atom. The van der Waals surface area contributed by atoms with Crippen LogP contribution in [-0.2, 0) is 63.4 Å². The smallest absolute Gasteiger partial charge is 0.459 e. The summed E-state index contributed by atoms with van der Waals surface area (Å²) >= 11 is 0. The molecular weight excluding hydrogens is 651 g/mol. The van der Waals surface area contributed by atoms with E-state index in [4.69, 9.17) is 32.7 Å². The Morgan fingerprint density at radius 3 is 1.92 bits per heavy atom. The molecule has 0 radical (unpaired) electrons. The lowest BCUT2D eigenvalue weighted by Gasteiger charge is -2.44. The molecule has 0 spiro atoms. The van der Waals surface area contributed by atoms with Gasteiger partial charge in [-0.1, -0.05) is 62.4 Å². The zero-order valence-corrected chi connectivity index (χ0v) is 28.4. The van der Waals surface area contributed by atoms with Crippen molar-refractivity contribution in [1.82, 2.24) is 10.4 Å². The van der Waals surface area contributed by atoms with Gasteiger partial charge in [0.2, 0.25) is 12.2 Å². The Hall–Kier alpha value is -4.30. The number of nitrogens with one attached hydrogen (secondary N) is 2. The molecule has 15 nitrogen and oxygen atoms in total. The number of rotatable bonds is 15. The lowest BCUT2D eigenvalue weighted by molar-refractivity contribution is -0.268. The summed E-state index contributed by atoms with van der Waals surface area (Å²) in [5.74, 6) is -4.12. The summed E-state index contributed by atoms with van der Waals surface area (Å²) in [6, 6.07) is 14.5. The fraction of sp³-hybridized carbons (Fsp3) is 0.469. The van der Waals surface area contributed by atoms with Crippen LogP contribution in [0.5, 0.6) is 5.75 Å². The second-order valence-electron chi connectivity index (χ2n) is 11.2. The second-order valence-corrected chi connectivity index (χ2v) is 12.9. The van der Waals surface area contributed by atoms with Crippen LogP contribution in [0.25, 0.3) is 0 Å². The lowest BCUT2D eigenvalue weighted by atomic mass is 9.96. The fourth-order valence-corrected chi connectivity index (χ4v) is 6.37. The first-order valence-electron chi connectivity index (χ1n) is 15.1. The first kappa shape index (κ1) is 38.2. The Labute approximate surface area is 278 Å². The normalized spacial score (nSPS) is 22.4. The maximum Gasteiger partial charge on any atom is 0.459 e. The van der Waals surface area contributed by atoms with Gasteiger partial charge < -0.3 is 33.5 Å². The number of ether oxygens (including phenoxy) is 5. The molecule has 1 aliphatic rings. The summed E-state index contributed by atoms with van der Waals surface area (Å²) in [6.45, 7) is 7.12. The standard InChI is InChI=1S/C32H41N2O13P/c1-19(2)27(31(39)41-17-24-13-9-7-10-14-24)34-48(40,47-25-15-11-8-12-16-25)42-18-26-29(43-21(4)36)30(44-22(5)37)28(33-20(3)35)32(46-26)45-23(6)38/h7-16,19,26-30,32H,17-18H2,1-6H3,(H,33,35)(H,34,40)/t26-,27+,28+,29-,30-,32?,48?/m1/s1. The van der Waals surface area contributed by atoms with Gasteiger partial charge in [-0.25, -0.2) is 4.57 Å². The average molecular weight is 693 g/mol. The molecule has 0 aromatic heterocycles. The van der Waals surface area contributed by atoms with Crippen LogP contribution in [0.2, 0.25) is 0 Å². The van der Waals surface area contributed by atoms with E-state index in [1.807, 2.05) is 6.07 Å². The number of hydrogen-bond donors (Lipinski definition) is 2. The molecule has 1 heterocycles. The molecule has 0 bridgehead atoms. The summed E-state index contributed by atoms with van der Waals surface area (Å²) in [5, 5.41) is 5.18. The zero-order chi connectivity index (χ0) is 35.4. The summed E-state index contributed by atoms with van der Waals surface area (Å²) in [7, 11) is -4.52. The van der Waals surface area contributed by atoms with E-state index in [0.29, 0.717) is 0 Å². The monoisotopic (exact) mass is 692 g/mol. The van der Waals surface area contributed by atoms with Gasteiger partial charge in [0.05, 0.1) is 6.61 Å². The van der Waals surface area contributed by atoms with E-state index in [1.54, 1.807) is 56.3 Å². The number of para-hydroxylation sites is 1. The van der Waals surface area contributed by atoms with E-state index >= 15 is 0 Å². The van der Waals surface area contributed by atoms with Gasteiger partial charge in [0, 0.05) is 27.7 Å². The van der Waals surface area contributed by atoms with Crippen LogP contribution >= 0.6 is 7.75 Å². The third kappa shape index (κ3) is 11.7. The van der Waals surface area contributed by atoms with E-state index in [-0.39, 0.29) is 12.4 Å². The summed E-state index contributed by atoms with van der Waals surface area (Å²) in [5.41, 5.74) is 0.738. The van der Waals surface area contributed by atoms with Crippen LogP contribution in [0.3, 0.4) is 0 Å². The Morgan fingerprint density at radius 1 is 0.812 bits per heavy atom. The molecule has 2 aromatic carbocycles. The van der Waals surface area contributed by atoms with Crippen molar-refractivity contribution >= 4 is 37.5 Å². The minimum absolute atomic E-state index is 0.0419. The molecule has 1 aliphatic heterocycles. The van der Waals surface area contributed by atoms with Gasteiger partial charge in [0.25, 0.3) is 0 Å². The number of carbonyl (C=O) groups excluding carboxylic acids is 5. The van der Waals surface area contributed by atoms with Gasteiger partial charge in [0.1, 0.15) is 30.5 Å². The number of carbonyl (C=O) groups is 5. The maximum atomic E-state index is 14.4. The lowest BCUT2D eigenvalue weighted by Crippen LogP contribution is -2.66. The van der Waals surface area contributed by atoms with Crippen molar-refractivity contribution in [2.75, 3.05) is 6.61 Å². The van der Waals surface area contributed by atoms with E-state index in [1.165, 1.54) is 19.1 Å². The molecule has 48 heavy (non-hydrogen) atoms. The van der Waals surface area contributed by atoms with Gasteiger partial charge in [-0.15, -0.1) is 0 Å². The van der Waals surface area contributed by atoms with Gasteiger partial charge in [-0.05, 0) is 23.6 Å². The molecule has 0 aliphatic carbocycles. The fourth-order valence-electron chi connectivity index (χ4n) is 4.70. The molecular formula is C32H41N2O13P. The van der Waals surface area contributed by atoms with Crippen LogP contribution < -0.4 is 14.9 Å². The molecule has 16 heteroatoms. The molecule has 3 rings (SSSR count). The highest BCUT2D eigenvalue weighted by atomic mass is 31.2. The van der Waals surface area contributed by atoms with Crippen molar-refractivity contribution in [1.29, 1.82) is 0 Å². The highest BCUT2D eigenvalue weighted by molar-refractivity contribution is 7.52. The Kier molecular flexibility index (Phi) is 14.1. The first-order chi connectivity index (χ1) is 22.7. The Balaban J connectivity index is 1.95. The van der Waals surface area contributed by atoms with Crippen LogP contribution in [-0.4, -0.2) is 73.1 Å². The summed E-state index contributed by atoms with van der Waals surface area (Å²) in [6.07, 6.45) is -5.88. The largest absolute Gasteiger partial charge is 0.460 e. The van der Waals surface area contributed by atoms with Gasteiger partial charge >= 0.3 is 31.6 Å². The number of benzene rings is 2. The van der Waals surface area contributed by atoms with E-state index in [9.17, 15) is 28.5 Å². The van der Waals surface area contributed by atoms with E-state index in [0.717, 1.165) is 26.3 Å². The predicted octanol–water partition coefficient (Wildman–Crippen LogP) is 3.20. The number of hydrogen-bond acceptors (Lipinski definition) is 13. The highest BCUT2D eigenvalue weighted by Crippen LogP contribution is 2.46. The average Bonchev–Trinajstić information content (AvgIpc) is 3.01. The van der Waals surface area contributed by atoms with Crippen LogP contribution in [0.4, 0.5) is 0 Å². The second kappa shape index (κ2) is 17.7. The Bertz CT molecular complexity index is 1460. The van der Waals surface area contributed by atoms with Crippen molar-refractivity contribution in [3.63, 3.8) is 0 Å². The first-order valence-corrected chi connectivity index (χ1v) is 16.6. The quantitative estimate of drug-likeness (QED) is 0.157. The molecule has 2 aromatic rings. The molecule has 1 fully saturated rings. The number of amides is 1. The van der Waals surface area contributed by atoms with E-state index < -0.39 is 86.7 Å². The minimum atomic E-state index is -4.52. The third-order valence-electron chi connectivity index (χ3n) is 6.72. The number of esters is 4. The molecule has 2 unspecified atom stereocenters. The minimum Gasteiger partial charge on any atom is -0.460 e. The van der Waals surface area contributed by atoms with Crippen LogP contribution in [0, 0.1) is 5.92 Å². The molecule has 0 saturated carbocycles. The van der Waals surface area contributed by atoms with Gasteiger partial charge in [0.15, 0.2) is 12.2 Å². The van der Waals surface area contributed by atoms with Gasteiger partial charge in [-0.3, -0.25) is 28.5 Å². The van der Waals surface area contributed by atoms with Crippen molar-refractivity contribution in [3.8, 4) is 5.75 Å².